The van der Waals surface area contributed by atoms with Crippen LogP contribution in [-0.2, 0) is 11.2 Å². The Morgan fingerprint density at radius 3 is 2.78 bits per heavy atom. The van der Waals surface area contributed by atoms with E-state index in [0.717, 1.165) is 36.8 Å². The van der Waals surface area contributed by atoms with Crippen molar-refractivity contribution < 1.29 is 9.21 Å². The summed E-state index contributed by atoms with van der Waals surface area (Å²) in [4.78, 5) is 16.7. The highest BCUT2D eigenvalue weighted by Gasteiger charge is 2.36. The first-order chi connectivity index (χ1) is 8.67. The van der Waals surface area contributed by atoms with Crippen LogP contribution in [0, 0.1) is 5.41 Å². The van der Waals surface area contributed by atoms with E-state index in [0.29, 0.717) is 12.3 Å². The third-order valence-corrected chi connectivity index (χ3v) is 4.03. The molecule has 3 heteroatoms. The van der Waals surface area contributed by atoms with Crippen LogP contribution in [-0.4, -0.2) is 10.8 Å². The summed E-state index contributed by atoms with van der Waals surface area (Å²) in [6.45, 7) is 2.07. The largest absolute Gasteiger partial charge is 0.440 e. The van der Waals surface area contributed by atoms with Crippen molar-refractivity contribution in [2.75, 3.05) is 0 Å². The monoisotopic (exact) mass is 243 g/mol. The van der Waals surface area contributed by atoms with Gasteiger partial charge >= 0.3 is 0 Å². The molecular formula is C15H17NO2. The lowest BCUT2D eigenvalue weighted by Crippen LogP contribution is -2.26. The summed E-state index contributed by atoms with van der Waals surface area (Å²) in [7, 11) is 0. The number of nitrogens with zero attached hydrogens (tertiary/aromatic N) is 1. The highest BCUT2D eigenvalue weighted by atomic mass is 16.3. The van der Waals surface area contributed by atoms with E-state index in [-0.39, 0.29) is 11.2 Å². The van der Waals surface area contributed by atoms with E-state index in [2.05, 4.69) is 11.9 Å². The van der Waals surface area contributed by atoms with E-state index < -0.39 is 0 Å². The van der Waals surface area contributed by atoms with Gasteiger partial charge in [-0.3, -0.25) is 4.79 Å². The van der Waals surface area contributed by atoms with Crippen LogP contribution in [0.5, 0.6) is 0 Å². The van der Waals surface area contributed by atoms with Crippen LogP contribution in [0.3, 0.4) is 0 Å². The molecular weight excluding hydrogens is 226 g/mol. The van der Waals surface area contributed by atoms with Gasteiger partial charge in [0, 0.05) is 5.41 Å². The van der Waals surface area contributed by atoms with Crippen molar-refractivity contribution in [2.24, 2.45) is 5.41 Å². The van der Waals surface area contributed by atoms with Crippen LogP contribution in [0.1, 0.15) is 38.5 Å². The van der Waals surface area contributed by atoms with Gasteiger partial charge in [-0.1, -0.05) is 31.9 Å². The summed E-state index contributed by atoms with van der Waals surface area (Å²) in [6.07, 6.45) is 4.66. The Morgan fingerprint density at radius 2 is 2.06 bits per heavy atom. The number of fused-ring (bicyclic) bond motifs is 1. The summed E-state index contributed by atoms with van der Waals surface area (Å²) in [5.41, 5.74) is 1.44. The average molecular weight is 243 g/mol. The lowest BCUT2D eigenvalue weighted by atomic mass is 9.82. The number of hydrogen-bond acceptors (Lipinski definition) is 3. The van der Waals surface area contributed by atoms with Gasteiger partial charge < -0.3 is 4.42 Å². The third-order valence-electron chi connectivity index (χ3n) is 4.03. The normalized spacial score (nSPS) is 18.3. The van der Waals surface area contributed by atoms with Crippen LogP contribution in [0.15, 0.2) is 28.7 Å². The summed E-state index contributed by atoms with van der Waals surface area (Å²) in [5.74, 6) is 0.820. The van der Waals surface area contributed by atoms with E-state index in [1.54, 1.807) is 0 Å². The molecule has 1 heterocycles. The van der Waals surface area contributed by atoms with E-state index in [9.17, 15) is 4.79 Å². The van der Waals surface area contributed by atoms with Gasteiger partial charge in [-0.25, -0.2) is 4.98 Å². The fourth-order valence-electron chi connectivity index (χ4n) is 2.78. The Balaban J connectivity index is 1.81. The highest BCUT2D eigenvalue weighted by Crippen LogP contribution is 2.39. The minimum absolute atomic E-state index is 0.152. The summed E-state index contributed by atoms with van der Waals surface area (Å²) < 4.78 is 5.61. The van der Waals surface area contributed by atoms with Gasteiger partial charge in [-0.2, -0.15) is 0 Å². The van der Waals surface area contributed by atoms with Crippen molar-refractivity contribution in [3.05, 3.63) is 30.2 Å². The van der Waals surface area contributed by atoms with Crippen molar-refractivity contribution in [3.8, 4) is 0 Å². The minimum Gasteiger partial charge on any atom is -0.440 e. The second kappa shape index (κ2) is 4.23. The molecule has 18 heavy (non-hydrogen) atoms. The summed E-state index contributed by atoms with van der Waals surface area (Å²) >= 11 is 0. The average Bonchev–Trinajstić information content (AvgIpc) is 2.95. The van der Waals surface area contributed by atoms with Crippen molar-refractivity contribution in [3.63, 3.8) is 0 Å². The van der Waals surface area contributed by atoms with Crippen LogP contribution in [0.4, 0.5) is 0 Å². The molecule has 1 fully saturated rings. The summed E-state index contributed by atoms with van der Waals surface area (Å²) in [6, 6.07) is 7.63. The quantitative estimate of drug-likeness (QED) is 0.828. The Hall–Kier alpha value is -1.64. The second-order valence-corrected chi connectivity index (χ2v) is 5.44. The van der Waals surface area contributed by atoms with Gasteiger partial charge in [0.05, 0.1) is 6.42 Å². The molecule has 1 saturated carbocycles. The first kappa shape index (κ1) is 11.5. The highest BCUT2D eigenvalue weighted by molar-refractivity contribution is 5.86. The molecule has 0 bridgehead atoms. The Morgan fingerprint density at radius 1 is 1.33 bits per heavy atom. The molecule has 3 rings (SSSR count). The van der Waals surface area contributed by atoms with Crippen molar-refractivity contribution in [1.82, 2.24) is 4.98 Å². The maximum atomic E-state index is 12.3. The first-order valence-corrected chi connectivity index (χ1v) is 6.55. The number of rotatable bonds is 3. The number of ketones is 1. The first-order valence-electron chi connectivity index (χ1n) is 6.55. The maximum Gasteiger partial charge on any atom is 0.202 e. The van der Waals surface area contributed by atoms with E-state index in [1.807, 2.05) is 24.3 Å². The zero-order valence-corrected chi connectivity index (χ0v) is 10.6. The van der Waals surface area contributed by atoms with E-state index >= 15 is 0 Å². The molecule has 94 valence electrons. The Kier molecular flexibility index (Phi) is 2.69. The zero-order chi connectivity index (χ0) is 12.6. The van der Waals surface area contributed by atoms with Crippen LogP contribution >= 0.6 is 0 Å². The molecule has 0 saturated heterocycles. The number of para-hydroxylation sites is 2. The molecule has 2 aromatic rings. The smallest absolute Gasteiger partial charge is 0.202 e. The molecule has 1 aliphatic carbocycles. The number of oxazole rings is 1. The molecule has 0 radical (unpaired) electrons. The molecule has 3 nitrogen and oxygen atoms in total. The number of carbonyl (C=O) groups is 1. The number of Topliss-reactive ketones (excluding diaryl/α,β-unsaturated/α-hetero) is 1. The van der Waals surface area contributed by atoms with Crippen LogP contribution in [0.2, 0.25) is 0 Å². The fourth-order valence-corrected chi connectivity index (χ4v) is 2.78. The zero-order valence-electron chi connectivity index (χ0n) is 10.6. The number of aromatic nitrogens is 1. The Bertz CT molecular complexity index is 546. The molecule has 0 spiro atoms. The third kappa shape index (κ3) is 1.94. The van der Waals surface area contributed by atoms with Gasteiger partial charge in [-0.05, 0) is 25.0 Å². The van der Waals surface area contributed by atoms with Gasteiger partial charge in [0.15, 0.2) is 5.58 Å². The SMILES string of the molecule is CC1(C(=O)Cc2nc3ccccc3o2)CCCC1. The maximum absolute atomic E-state index is 12.3. The molecule has 0 atom stereocenters. The van der Waals surface area contributed by atoms with Crippen molar-refractivity contribution >= 4 is 16.9 Å². The molecule has 0 aliphatic heterocycles. The summed E-state index contributed by atoms with van der Waals surface area (Å²) in [5, 5.41) is 0. The van der Waals surface area contributed by atoms with Gasteiger partial charge in [-0.15, -0.1) is 0 Å². The van der Waals surface area contributed by atoms with Crippen LogP contribution in [0.25, 0.3) is 11.1 Å². The van der Waals surface area contributed by atoms with E-state index in [4.69, 9.17) is 4.42 Å². The van der Waals surface area contributed by atoms with Gasteiger partial charge in [0.1, 0.15) is 11.3 Å². The number of hydrogen-bond donors (Lipinski definition) is 0. The lowest BCUT2D eigenvalue weighted by Gasteiger charge is -2.20. The van der Waals surface area contributed by atoms with Gasteiger partial charge in [0.25, 0.3) is 0 Å². The topological polar surface area (TPSA) is 43.1 Å². The fraction of sp³-hybridized carbons (Fsp3) is 0.467. The molecule has 0 unspecified atom stereocenters. The second-order valence-electron chi connectivity index (χ2n) is 5.44. The van der Waals surface area contributed by atoms with Gasteiger partial charge in [0.2, 0.25) is 5.89 Å². The molecule has 0 amide bonds. The predicted octanol–water partition coefficient (Wildman–Crippen LogP) is 3.52. The minimum atomic E-state index is -0.152. The van der Waals surface area contributed by atoms with E-state index in [1.165, 1.54) is 0 Å². The van der Waals surface area contributed by atoms with Crippen molar-refractivity contribution in [2.45, 2.75) is 39.0 Å². The number of carbonyl (C=O) groups excluding carboxylic acids is 1. The van der Waals surface area contributed by atoms with Crippen molar-refractivity contribution in [1.29, 1.82) is 0 Å². The molecule has 1 aromatic carbocycles. The predicted molar refractivity (Wildman–Crippen MR) is 69.3 cm³/mol. The lowest BCUT2D eigenvalue weighted by molar-refractivity contribution is -0.127. The molecule has 1 aromatic heterocycles. The standard InChI is InChI=1S/C15H17NO2/c1-15(8-4-5-9-15)13(17)10-14-16-11-6-2-3-7-12(11)18-14/h2-3,6-7H,4-5,8-10H2,1H3. The molecule has 1 aliphatic rings. The van der Waals surface area contributed by atoms with Crippen LogP contribution < -0.4 is 0 Å². The number of benzene rings is 1. The molecule has 0 N–H and O–H groups in total. The Labute approximate surface area is 106 Å².